The molecule has 1 heterocycles. The number of nitrogens with zero attached hydrogens (tertiary/aromatic N) is 1. The van der Waals surface area contributed by atoms with E-state index < -0.39 is 5.97 Å². The van der Waals surface area contributed by atoms with Crippen molar-refractivity contribution in [3.05, 3.63) is 42.0 Å². The average molecular weight is 260 g/mol. The summed E-state index contributed by atoms with van der Waals surface area (Å²) in [7, 11) is 0. The van der Waals surface area contributed by atoms with Gasteiger partial charge < -0.3 is 10.4 Å². The van der Waals surface area contributed by atoms with E-state index in [0.29, 0.717) is 19.5 Å². The molecule has 2 N–H and O–H groups in total. The van der Waals surface area contributed by atoms with Crippen LogP contribution in [0.15, 0.2) is 30.9 Å². The van der Waals surface area contributed by atoms with E-state index in [0.717, 1.165) is 17.7 Å². The molecule has 0 atom stereocenters. The highest BCUT2D eigenvalue weighted by Crippen LogP contribution is 2.28. The predicted molar refractivity (Wildman–Crippen MR) is 72.7 cm³/mol. The summed E-state index contributed by atoms with van der Waals surface area (Å²) in [6, 6.07) is 4.70. The summed E-state index contributed by atoms with van der Waals surface area (Å²) in [6.07, 6.45) is 3.16. The molecule has 5 heteroatoms. The maximum atomic E-state index is 12.0. The van der Waals surface area contributed by atoms with Crippen LogP contribution in [0.25, 0.3) is 0 Å². The van der Waals surface area contributed by atoms with Crippen LogP contribution in [0.1, 0.15) is 22.3 Å². The summed E-state index contributed by atoms with van der Waals surface area (Å²) < 4.78 is 0. The van der Waals surface area contributed by atoms with Crippen molar-refractivity contribution in [2.45, 2.75) is 12.8 Å². The summed E-state index contributed by atoms with van der Waals surface area (Å²) >= 11 is 0. The molecule has 2 amide bonds. The second-order valence-corrected chi connectivity index (χ2v) is 4.36. The van der Waals surface area contributed by atoms with E-state index in [1.54, 1.807) is 23.1 Å². The van der Waals surface area contributed by atoms with Crippen LogP contribution in [0.5, 0.6) is 0 Å². The van der Waals surface area contributed by atoms with Gasteiger partial charge in [-0.2, -0.15) is 0 Å². The number of carboxylic acids is 1. The lowest BCUT2D eigenvalue weighted by atomic mass is 10.1. The Labute approximate surface area is 111 Å². The molecule has 0 saturated heterocycles. The molecule has 19 heavy (non-hydrogen) atoms. The SMILES string of the molecule is C=CCCNC(=O)N1CCc2cc(C(=O)O)ccc21. The van der Waals surface area contributed by atoms with Gasteiger partial charge in [-0.15, -0.1) is 6.58 Å². The van der Waals surface area contributed by atoms with Crippen LogP contribution in [0, 0.1) is 0 Å². The van der Waals surface area contributed by atoms with Crippen molar-refractivity contribution in [1.82, 2.24) is 5.32 Å². The van der Waals surface area contributed by atoms with Gasteiger partial charge in [0.05, 0.1) is 5.56 Å². The van der Waals surface area contributed by atoms with E-state index >= 15 is 0 Å². The van der Waals surface area contributed by atoms with Crippen LogP contribution in [0.2, 0.25) is 0 Å². The predicted octanol–water partition coefficient (Wildman–Crippen LogP) is 2.03. The molecule has 100 valence electrons. The Morgan fingerprint density at radius 2 is 2.26 bits per heavy atom. The molecule has 0 bridgehead atoms. The first-order valence-electron chi connectivity index (χ1n) is 6.16. The zero-order valence-corrected chi connectivity index (χ0v) is 10.6. The normalized spacial score (nSPS) is 12.9. The third kappa shape index (κ3) is 2.76. The van der Waals surface area contributed by atoms with E-state index in [9.17, 15) is 9.59 Å². The molecule has 1 aliphatic rings. The van der Waals surface area contributed by atoms with Crippen molar-refractivity contribution in [2.24, 2.45) is 0 Å². The van der Waals surface area contributed by atoms with Gasteiger partial charge in [0.1, 0.15) is 0 Å². The number of aromatic carboxylic acids is 1. The van der Waals surface area contributed by atoms with Crippen LogP contribution >= 0.6 is 0 Å². The lowest BCUT2D eigenvalue weighted by Gasteiger charge is -2.17. The van der Waals surface area contributed by atoms with Crippen molar-refractivity contribution in [2.75, 3.05) is 18.0 Å². The Balaban J connectivity index is 2.11. The van der Waals surface area contributed by atoms with Crippen LogP contribution in [-0.4, -0.2) is 30.2 Å². The lowest BCUT2D eigenvalue weighted by molar-refractivity contribution is 0.0697. The van der Waals surface area contributed by atoms with Gasteiger partial charge in [0, 0.05) is 18.8 Å². The summed E-state index contributed by atoms with van der Waals surface area (Å²) in [4.78, 5) is 24.5. The molecule has 0 aromatic heterocycles. The summed E-state index contributed by atoms with van der Waals surface area (Å²) in [5.41, 5.74) is 1.95. The van der Waals surface area contributed by atoms with E-state index in [2.05, 4.69) is 11.9 Å². The molecule has 5 nitrogen and oxygen atoms in total. The van der Waals surface area contributed by atoms with Crippen molar-refractivity contribution < 1.29 is 14.7 Å². The van der Waals surface area contributed by atoms with E-state index in [-0.39, 0.29) is 11.6 Å². The molecular formula is C14H16N2O3. The van der Waals surface area contributed by atoms with Gasteiger partial charge in [0.25, 0.3) is 0 Å². The van der Waals surface area contributed by atoms with Gasteiger partial charge in [-0.05, 0) is 36.6 Å². The van der Waals surface area contributed by atoms with Crippen molar-refractivity contribution in [3.8, 4) is 0 Å². The molecular weight excluding hydrogens is 244 g/mol. The first kappa shape index (κ1) is 13.1. The minimum Gasteiger partial charge on any atom is -0.478 e. The molecule has 1 aromatic rings. The molecule has 0 fully saturated rings. The third-order valence-corrected chi connectivity index (χ3v) is 3.09. The summed E-state index contributed by atoms with van der Waals surface area (Å²) in [6.45, 7) is 4.74. The highest BCUT2D eigenvalue weighted by molar-refractivity contribution is 5.96. The number of carboxylic acid groups (broad SMARTS) is 1. The first-order chi connectivity index (χ1) is 9.13. The summed E-state index contributed by atoms with van der Waals surface area (Å²) in [5.74, 6) is -0.948. The number of urea groups is 1. The minimum atomic E-state index is -0.948. The Kier molecular flexibility index (Phi) is 3.85. The number of carbonyl (C=O) groups excluding carboxylic acids is 1. The van der Waals surface area contributed by atoms with Crippen LogP contribution in [-0.2, 0) is 6.42 Å². The van der Waals surface area contributed by atoms with Crippen LogP contribution in [0.3, 0.4) is 0 Å². The van der Waals surface area contributed by atoms with Crippen molar-refractivity contribution >= 4 is 17.7 Å². The number of hydrogen-bond donors (Lipinski definition) is 2. The van der Waals surface area contributed by atoms with Gasteiger partial charge in [0.15, 0.2) is 0 Å². The van der Waals surface area contributed by atoms with Gasteiger partial charge in [-0.1, -0.05) is 6.08 Å². The standard InChI is InChI=1S/C14H16N2O3/c1-2-3-7-15-14(19)16-8-6-10-9-11(13(17)18)4-5-12(10)16/h2,4-5,9H,1,3,6-8H2,(H,15,19)(H,17,18). The van der Waals surface area contributed by atoms with Gasteiger partial charge in [-0.3, -0.25) is 4.90 Å². The maximum Gasteiger partial charge on any atom is 0.335 e. The number of amides is 2. The third-order valence-electron chi connectivity index (χ3n) is 3.09. The zero-order chi connectivity index (χ0) is 13.8. The fourth-order valence-electron chi connectivity index (χ4n) is 2.12. The molecule has 1 aliphatic heterocycles. The Morgan fingerprint density at radius 3 is 2.95 bits per heavy atom. The molecule has 0 radical (unpaired) electrons. The molecule has 2 rings (SSSR count). The van der Waals surface area contributed by atoms with Gasteiger partial charge in [-0.25, -0.2) is 9.59 Å². The number of anilines is 1. The van der Waals surface area contributed by atoms with Crippen molar-refractivity contribution in [1.29, 1.82) is 0 Å². The van der Waals surface area contributed by atoms with E-state index in [1.807, 2.05) is 0 Å². The van der Waals surface area contributed by atoms with Crippen LogP contribution < -0.4 is 10.2 Å². The maximum absolute atomic E-state index is 12.0. The summed E-state index contributed by atoms with van der Waals surface area (Å²) in [5, 5.41) is 11.7. The molecule has 1 aromatic carbocycles. The molecule has 0 aliphatic carbocycles. The number of nitrogens with one attached hydrogen (secondary N) is 1. The Hall–Kier alpha value is -2.30. The van der Waals surface area contributed by atoms with Gasteiger partial charge >= 0.3 is 12.0 Å². The van der Waals surface area contributed by atoms with E-state index in [4.69, 9.17) is 5.11 Å². The fraction of sp³-hybridized carbons (Fsp3) is 0.286. The molecule has 0 spiro atoms. The largest absolute Gasteiger partial charge is 0.478 e. The van der Waals surface area contributed by atoms with Gasteiger partial charge in [0.2, 0.25) is 0 Å². The quantitative estimate of drug-likeness (QED) is 0.643. The Bertz CT molecular complexity index is 525. The van der Waals surface area contributed by atoms with E-state index in [1.165, 1.54) is 6.07 Å². The average Bonchev–Trinajstić information content (AvgIpc) is 2.81. The highest BCUT2D eigenvalue weighted by atomic mass is 16.4. The number of fused-ring (bicyclic) bond motifs is 1. The monoisotopic (exact) mass is 260 g/mol. The zero-order valence-electron chi connectivity index (χ0n) is 10.6. The number of hydrogen-bond acceptors (Lipinski definition) is 2. The second-order valence-electron chi connectivity index (χ2n) is 4.36. The van der Waals surface area contributed by atoms with Crippen LogP contribution in [0.4, 0.5) is 10.5 Å². The molecule has 0 unspecified atom stereocenters. The smallest absolute Gasteiger partial charge is 0.335 e. The highest BCUT2D eigenvalue weighted by Gasteiger charge is 2.25. The number of carbonyl (C=O) groups is 2. The second kappa shape index (κ2) is 5.56. The number of rotatable bonds is 4. The fourth-order valence-corrected chi connectivity index (χ4v) is 2.12. The lowest BCUT2D eigenvalue weighted by Crippen LogP contribution is -2.39. The Morgan fingerprint density at radius 1 is 1.47 bits per heavy atom. The number of benzene rings is 1. The van der Waals surface area contributed by atoms with Crippen molar-refractivity contribution in [3.63, 3.8) is 0 Å². The minimum absolute atomic E-state index is 0.149. The topological polar surface area (TPSA) is 69.6 Å². The first-order valence-corrected chi connectivity index (χ1v) is 6.16. The molecule has 0 saturated carbocycles.